The molecule has 0 aliphatic heterocycles. The lowest BCUT2D eigenvalue weighted by Crippen LogP contribution is -2.23. The second kappa shape index (κ2) is 18.4. The van der Waals surface area contributed by atoms with Gasteiger partial charge in [-0.25, -0.2) is 4.98 Å². The largest absolute Gasteiger partial charge is 0.668 e. The molecule has 2 aromatic heterocycles. The number of aliphatic hydroxyl groups excluding tert-OH is 2. The van der Waals surface area contributed by atoms with Gasteiger partial charge in [0.1, 0.15) is 5.82 Å². The predicted molar refractivity (Wildman–Crippen MR) is 162 cm³/mol. The molecule has 0 amide bonds. The van der Waals surface area contributed by atoms with E-state index in [2.05, 4.69) is 16.9 Å². The fourth-order valence-corrected chi connectivity index (χ4v) is 5.17. The van der Waals surface area contributed by atoms with Gasteiger partial charge >= 0.3 is 0 Å². The van der Waals surface area contributed by atoms with Crippen molar-refractivity contribution < 1.29 is 24.8 Å². The average molecular weight is 567 g/mol. The van der Waals surface area contributed by atoms with E-state index in [1.54, 1.807) is 18.5 Å². The zero-order valence-corrected chi connectivity index (χ0v) is 24.5. The van der Waals surface area contributed by atoms with Gasteiger partial charge in [0.05, 0.1) is 32.0 Å². The average Bonchev–Trinajstić information content (AvgIpc) is 3.48. The summed E-state index contributed by atoms with van der Waals surface area (Å²) in [5.41, 5.74) is 9.01. The number of anilines is 1. The van der Waals surface area contributed by atoms with Crippen LogP contribution in [-0.2, 0) is 17.6 Å². The number of aromatic nitrogens is 2. The predicted octanol–water partition coefficient (Wildman–Crippen LogP) is 5.54. The standard InChI is InChI=1S/C33H48N3O5/c1-2-3-4-5-6-9-30(40-20-18-37)24-29(38)12-10-25-11-13-31(39)32(21-25)41-19-15-27(22-28-8-7-16-35-28)26-14-17-36-33(34)23-26/h7-8,11,13-14,16-17,21,23,27,29-30,37-39H,2-6,9-10,12,15,18-20,22,24H2,1H3,(H2,34,36)/q-1. The number of phenols is 1. The lowest BCUT2D eigenvalue weighted by molar-refractivity contribution is -0.00844. The SMILES string of the molecule is CCCCCCCC(CC(O)CCc1ccc(O)c(OCCC(Cc2ccc[n-]2)c2ccnc(N)c2)c1)OCCO. The van der Waals surface area contributed by atoms with Gasteiger partial charge < -0.3 is 35.5 Å². The van der Waals surface area contributed by atoms with Crippen molar-refractivity contribution in [1.29, 1.82) is 0 Å². The number of unbranched alkanes of at least 4 members (excludes halogenated alkanes) is 4. The molecular weight excluding hydrogens is 518 g/mol. The number of benzene rings is 1. The number of nitrogens with zero attached hydrogens (tertiary/aromatic N) is 2. The van der Waals surface area contributed by atoms with Crippen molar-refractivity contribution >= 4 is 5.82 Å². The number of nitrogens with two attached hydrogens (primary N) is 1. The van der Waals surface area contributed by atoms with E-state index in [-0.39, 0.29) is 24.4 Å². The maximum Gasteiger partial charge on any atom is 0.161 e. The number of aryl methyl sites for hydroxylation is 1. The second-order valence-electron chi connectivity index (χ2n) is 10.8. The quantitative estimate of drug-likeness (QED) is 0.124. The Morgan fingerprint density at radius 3 is 2.61 bits per heavy atom. The van der Waals surface area contributed by atoms with E-state index in [1.807, 2.05) is 36.4 Å². The maximum absolute atomic E-state index is 10.7. The molecule has 2 heterocycles. The third-order valence-corrected chi connectivity index (χ3v) is 7.47. The molecule has 3 atom stereocenters. The van der Waals surface area contributed by atoms with Crippen LogP contribution in [0.5, 0.6) is 11.5 Å². The van der Waals surface area contributed by atoms with Crippen LogP contribution in [0.15, 0.2) is 54.9 Å². The van der Waals surface area contributed by atoms with Crippen LogP contribution in [-0.4, -0.2) is 52.3 Å². The molecule has 8 nitrogen and oxygen atoms in total. The first-order valence-electron chi connectivity index (χ1n) is 15.1. The third kappa shape index (κ3) is 12.1. The summed E-state index contributed by atoms with van der Waals surface area (Å²) in [5, 5.41) is 30.3. The molecule has 3 rings (SSSR count). The molecule has 0 saturated heterocycles. The highest BCUT2D eigenvalue weighted by Crippen LogP contribution is 2.30. The van der Waals surface area contributed by atoms with Crippen LogP contribution in [0.2, 0.25) is 0 Å². The van der Waals surface area contributed by atoms with Gasteiger partial charge in [-0.15, -0.1) is 0 Å². The van der Waals surface area contributed by atoms with E-state index >= 15 is 0 Å². The molecule has 0 aliphatic rings. The zero-order chi connectivity index (χ0) is 29.3. The minimum atomic E-state index is -0.508. The summed E-state index contributed by atoms with van der Waals surface area (Å²) < 4.78 is 11.9. The van der Waals surface area contributed by atoms with Crippen LogP contribution in [0.1, 0.15) is 87.4 Å². The van der Waals surface area contributed by atoms with Crippen molar-refractivity contribution in [3.63, 3.8) is 0 Å². The molecule has 226 valence electrons. The Bertz CT molecular complexity index is 1110. The molecule has 1 aromatic carbocycles. The summed E-state index contributed by atoms with van der Waals surface area (Å²) in [5.74, 6) is 1.16. The number of aromatic hydroxyl groups is 1. The summed E-state index contributed by atoms with van der Waals surface area (Å²) in [7, 11) is 0. The first-order chi connectivity index (χ1) is 20.0. The lowest BCUT2D eigenvalue weighted by atomic mass is 9.92. The Hall–Kier alpha value is -3.07. The maximum atomic E-state index is 10.7. The minimum Gasteiger partial charge on any atom is -0.668 e. The Balaban J connectivity index is 1.51. The number of pyridine rings is 1. The summed E-state index contributed by atoms with van der Waals surface area (Å²) in [4.78, 5) is 8.53. The Kier molecular flexibility index (Phi) is 14.5. The fraction of sp³-hybridized carbons (Fsp3) is 0.545. The fourth-order valence-electron chi connectivity index (χ4n) is 5.17. The highest BCUT2D eigenvalue weighted by Gasteiger charge is 2.17. The summed E-state index contributed by atoms with van der Waals surface area (Å²) in [6.07, 6.45) is 13.0. The number of rotatable bonds is 21. The van der Waals surface area contributed by atoms with E-state index in [1.165, 1.54) is 25.7 Å². The monoisotopic (exact) mass is 566 g/mol. The van der Waals surface area contributed by atoms with Gasteiger partial charge in [-0.1, -0.05) is 57.2 Å². The van der Waals surface area contributed by atoms with Crippen LogP contribution in [0.25, 0.3) is 0 Å². The Morgan fingerprint density at radius 2 is 1.85 bits per heavy atom. The molecular formula is C33H48N3O5-. The highest BCUT2D eigenvalue weighted by atomic mass is 16.5. The van der Waals surface area contributed by atoms with Gasteiger partial charge in [0.2, 0.25) is 0 Å². The smallest absolute Gasteiger partial charge is 0.161 e. The number of ether oxygens (including phenoxy) is 2. The minimum absolute atomic E-state index is 0.0134. The van der Waals surface area contributed by atoms with Crippen molar-refractivity contribution in [2.75, 3.05) is 25.6 Å². The number of hydrogen-bond donors (Lipinski definition) is 4. The zero-order valence-electron chi connectivity index (χ0n) is 24.5. The van der Waals surface area contributed by atoms with Gasteiger partial charge in [0.15, 0.2) is 11.5 Å². The molecule has 0 bridgehead atoms. The van der Waals surface area contributed by atoms with Crippen LogP contribution in [0.3, 0.4) is 0 Å². The van der Waals surface area contributed by atoms with Crippen LogP contribution in [0.4, 0.5) is 5.82 Å². The van der Waals surface area contributed by atoms with Crippen molar-refractivity contribution in [2.45, 2.75) is 95.7 Å². The molecule has 0 saturated carbocycles. The first kappa shape index (κ1) is 32.4. The lowest BCUT2D eigenvalue weighted by Gasteiger charge is -2.21. The number of hydrogen-bond acceptors (Lipinski definition) is 7. The molecule has 3 unspecified atom stereocenters. The Labute approximate surface area is 244 Å². The highest BCUT2D eigenvalue weighted by molar-refractivity contribution is 5.42. The molecule has 0 aliphatic carbocycles. The molecule has 0 spiro atoms. The number of nitrogen functional groups attached to an aromatic ring is 1. The van der Waals surface area contributed by atoms with Gasteiger partial charge in [-0.05, 0) is 79.8 Å². The number of phenolic OH excluding ortho intramolecular Hbond substituents is 1. The summed E-state index contributed by atoms with van der Waals surface area (Å²) in [6, 6.07) is 13.2. The van der Waals surface area contributed by atoms with Gasteiger partial charge in [-0.2, -0.15) is 11.9 Å². The van der Waals surface area contributed by atoms with Crippen LogP contribution in [0, 0.1) is 0 Å². The molecule has 8 heteroatoms. The van der Waals surface area contributed by atoms with Crippen molar-refractivity contribution in [3.8, 4) is 11.5 Å². The van der Waals surface area contributed by atoms with Crippen molar-refractivity contribution in [2.24, 2.45) is 0 Å². The van der Waals surface area contributed by atoms with E-state index in [0.717, 1.165) is 36.1 Å². The molecule has 0 fully saturated rings. The third-order valence-electron chi connectivity index (χ3n) is 7.47. The van der Waals surface area contributed by atoms with E-state index in [0.29, 0.717) is 50.5 Å². The van der Waals surface area contributed by atoms with Crippen LogP contribution < -0.4 is 15.5 Å². The number of aliphatic hydroxyl groups is 2. The topological polar surface area (TPSA) is 132 Å². The molecule has 3 aromatic rings. The van der Waals surface area contributed by atoms with Crippen LogP contribution >= 0.6 is 0 Å². The van der Waals surface area contributed by atoms with Gasteiger partial charge in [0, 0.05) is 6.20 Å². The molecule has 5 N–H and O–H groups in total. The van der Waals surface area contributed by atoms with E-state index < -0.39 is 6.10 Å². The van der Waals surface area contributed by atoms with Gasteiger partial charge in [-0.3, -0.25) is 0 Å². The summed E-state index contributed by atoms with van der Waals surface area (Å²) >= 11 is 0. The first-order valence-corrected chi connectivity index (χ1v) is 15.1. The Morgan fingerprint density at radius 1 is 1.00 bits per heavy atom. The normalized spacial score (nSPS) is 13.6. The van der Waals surface area contributed by atoms with E-state index in [9.17, 15) is 15.3 Å². The molecule has 41 heavy (non-hydrogen) atoms. The van der Waals surface area contributed by atoms with Gasteiger partial charge in [0.25, 0.3) is 0 Å². The summed E-state index contributed by atoms with van der Waals surface area (Å²) in [6.45, 7) is 2.90. The molecule has 0 radical (unpaired) electrons. The second-order valence-corrected chi connectivity index (χ2v) is 10.8. The van der Waals surface area contributed by atoms with Crippen molar-refractivity contribution in [3.05, 3.63) is 71.7 Å². The van der Waals surface area contributed by atoms with Crippen molar-refractivity contribution in [1.82, 2.24) is 9.97 Å². The van der Waals surface area contributed by atoms with E-state index in [4.69, 9.17) is 15.2 Å².